The molecule has 21 heavy (non-hydrogen) atoms. The summed E-state index contributed by atoms with van der Waals surface area (Å²) in [4.78, 5) is 0. The summed E-state index contributed by atoms with van der Waals surface area (Å²) in [5.41, 5.74) is 6.92. The SMILES string of the molecule is CCC(N)Cc1ccc(Oc2ccc(Br)c(F)c2)cc1Cl. The third kappa shape index (κ3) is 4.43. The lowest BCUT2D eigenvalue weighted by molar-refractivity contribution is 0.476. The molecule has 0 saturated heterocycles. The topological polar surface area (TPSA) is 35.2 Å². The quantitative estimate of drug-likeness (QED) is 0.771. The van der Waals surface area contributed by atoms with Gasteiger partial charge in [0.2, 0.25) is 0 Å². The highest BCUT2D eigenvalue weighted by Crippen LogP contribution is 2.29. The molecule has 1 unspecified atom stereocenters. The average molecular weight is 373 g/mol. The van der Waals surface area contributed by atoms with E-state index in [-0.39, 0.29) is 11.9 Å². The lowest BCUT2D eigenvalue weighted by Crippen LogP contribution is -2.21. The van der Waals surface area contributed by atoms with Crippen molar-refractivity contribution in [3.8, 4) is 11.5 Å². The molecule has 0 bridgehead atoms. The van der Waals surface area contributed by atoms with E-state index >= 15 is 0 Å². The Balaban J connectivity index is 2.14. The fourth-order valence-electron chi connectivity index (χ4n) is 1.86. The van der Waals surface area contributed by atoms with E-state index in [4.69, 9.17) is 22.1 Å². The predicted molar refractivity (Wildman–Crippen MR) is 87.6 cm³/mol. The average Bonchev–Trinajstić information content (AvgIpc) is 2.45. The van der Waals surface area contributed by atoms with Crippen molar-refractivity contribution in [2.75, 3.05) is 0 Å². The lowest BCUT2D eigenvalue weighted by Gasteiger charge is -2.12. The fraction of sp³-hybridized carbons (Fsp3) is 0.250. The Bertz CT molecular complexity index is 636. The number of halogens is 3. The second-order valence-corrected chi connectivity index (χ2v) is 6.07. The van der Waals surface area contributed by atoms with E-state index in [1.165, 1.54) is 6.07 Å². The second-order valence-electron chi connectivity index (χ2n) is 4.80. The number of ether oxygens (including phenoxy) is 1. The molecule has 112 valence electrons. The molecule has 2 rings (SSSR count). The number of nitrogens with two attached hydrogens (primary N) is 1. The minimum absolute atomic E-state index is 0.0924. The molecule has 2 nitrogen and oxygen atoms in total. The third-order valence-electron chi connectivity index (χ3n) is 3.16. The first kappa shape index (κ1) is 16.3. The number of rotatable bonds is 5. The van der Waals surface area contributed by atoms with Crippen molar-refractivity contribution in [1.29, 1.82) is 0 Å². The molecule has 0 aliphatic carbocycles. The van der Waals surface area contributed by atoms with Crippen molar-refractivity contribution in [2.24, 2.45) is 5.73 Å². The van der Waals surface area contributed by atoms with Crippen LogP contribution in [0.5, 0.6) is 11.5 Å². The molecule has 0 aromatic heterocycles. The highest BCUT2D eigenvalue weighted by molar-refractivity contribution is 9.10. The highest BCUT2D eigenvalue weighted by atomic mass is 79.9. The molecule has 2 N–H and O–H groups in total. The summed E-state index contributed by atoms with van der Waals surface area (Å²) in [6.07, 6.45) is 1.62. The van der Waals surface area contributed by atoms with E-state index in [0.717, 1.165) is 18.4 Å². The first-order chi connectivity index (χ1) is 9.99. The van der Waals surface area contributed by atoms with Crippen LogP contribution in [-0.4, -0.2) is 6.04 Å². The van der Waals surface area contributed by atoms with Crippen LogP contribution in [-0.2, 0) is 6.42 Å². The summed E-state index contributed by atoms with van der Waals surface area (Å²) in [7, 11) is 0. The van der Waals surface area contributed by atoms with Gasteiger partial charge >= 0.3 is 0 Å². The van der Waals surface area contributed by atoms with Gasteiger partial charge in [0, 0.05) is 17.1 Å². The van der Waals surface area contributed by atoms with Crippen molar-refractivity contribution in [3.05, 3.63) is 57.3 Å². The van der Waals surface area contributed by atoms with Crippen LogP contribution in [0.3, 0.4) is 0 Å². The van der Waals surface area contributed by atoms with E-state index in [1.807, 2.05) is 19.1 Å². The molecule has 0 radical (unpaired) electrons. The van der Waals surface area contributed by atoms with E-state index in [2.05, 4.69) is 15.9 Å². The van der Waals surface area contributed by atoms with Crippen molar-refractivity contribution in [2.45, 2.75) is 25.8 Å². The van der Waals surface area contributed by atoms with Gasteiger partial charge < -0.3 is 10.5 Å². The molecular weight excluding hydrogens is 357 g/mol. The van der Waals surface area contributed by atoms with Crippen LogP contribution in [0.2, 0.25) is 5.02 Å². The second kappa shape index (κ2) is 7.25. The van der Waals surface area contributed by atoms with Crippen LogP contribution >= 0.6 is 27.5 Å². The summed E-state index contributed by atoms with van der Waals surface area (Å²) < 4.78 is 19.4. The zero-order chi connectivity index (χ0) is 15.4. The minimum Gasteiger partial charge on any atom is -0.457 e. The van der Waals surface area contributed by atoms with Crippen LogP contribution in [0.15, 0.2) is 40.9 Å². The van der Waals surface area contributed by atoms with Gasteiger partial charge in [-0.15, -0.1) is 0 Å². The van der Waals surface area contributed by atoms with Crippen LogP contribution in [0.25, 0.3) is 0 Å². The third-order valence-corrected chi connectivity index (χ3v) is 4.15. The Labute approximate surface area is 137 Å². The first-order valence-electron chi connectivity index (χ1n) is 6.66. The minimum atomic E-state index is -0.371. The number of hydrogen-bond acceptors (Lipinski definition) is 2. The number of benzene rings is 2. The van der Waals surface area contributed by atoms with Gasteiger partial charge in [-0.3, -0.25) is 0 Å². The fourth-order valence-corrected chi connectivity index (χ4v) is 2.35. The van der Waals surface area contributed by atoms with Gasteiger partial charge in [0.05, 0.1) is 4.47 Å². The highest BCUT2D eigenvalue weighted by Gasteiger charge is 2.08. The standard InChI is InChI=1S/C16H16BrClFNO/c1-2-11(20)7-10-3-4-12(8-15(10)18)21-13-5-6-14(17)16(19)9-13/h3-6,8-9,11H,2,7,20H2,1H3. The molecule has 0 amide bonds. The molecule has 5 heteroatoms. The van der Waals surface area contributed by atoms with E-state index < -0.39 is 0 Å². The summed E-state index contributed by atoms with van der Waals surface area (Å²) in [5.74, 6) is 0.615. The molecular formula is C16H16BrClFNO. The van der Waals surface area contributed by atoms with Crippen molar-refractivity contribution in [3.63, 3.8) is 0 Å². The van der Waals surface area contributed by atoms with Crippen LogP contribution < -0.4 is 10.5 Å². The van der Waals surface area contributed by atoms with Gasteiger partial charge in [0.1, 0.15) is 17.3 Å². The van der Waals surface area contributed by atoms with Crippen molar-refractivity contribution in [1.82, 2.24) is 0 Å². The zero-order valence-corrected chi connectivity index (χ0v) is 13.9. The predicted octanol–water partition coefficient (Wildman–Crippen LogP) is 5.31. The first-order valence-corrected chi connectivity index (χ1v) is 7.83. The van der Waals surface area contributed by atoms with Gasteiger partial charge in [-0.25, -0.2) is 4.39 Å². The van der Waals surface area contributed by atoms with Gasteiger partial charge in [0.15, 0.2) is 0 Å². The van der Waals surface area contributed by atoms with Crippen LogP contribution in [0, 0.1) is 5.82 Å². The maximum absolute atomic E-state index is 13.4. The lowest BCUT2D eigenvalue weighted by atomic mass is 10.0. The largest absolute Gasteiger partial charge is 0.457 e. The van der Waals surface area contributed by atoms with Gasteiger partial charge in [-0.05, 0) is 58.6 Å². The van der Waals surface area contributed by atoms with E-state index in [0.29, 0.717) is 21.0 Å². The van der Waals surface area contributed by atoms with Crippen LogP contribution in [0.1, 0.15) is 18.9 Å². The van der Waals surface area contributed by atoms with Crippen molar-refractivity contribution < 1.29 is 9.13 Å². The molecule has 0 aliphatic rings. The Morgan fingerprint density at radius 1 is 1.24 bits per heavy atom. The summed E-state index contributed by atoms with van der Waals surface area (Å²) in [6.45, 7) is 2.04. The normalized spacial score (nSPS) is 12.2. The maximum atomic E-state index is 13.4. The molecule has 0 fully saturated rings. The smallest absolute Gasteiger partial charge is 0.141 e. The molecule has 2 aromatic rings. The number of hydrogen-bond donors (Lipinski definition) is 1. The molecule has 0 heterocycles. The maximum Gasteiger partial charge on any atom is 0.141 e. The zero-order valence-electron chi connectivity index (χ0n) is 11.6. The van der Waals surface area contributed by atoms with E-state index in [9.17, 15) is 4.39 Å². The Hall–Kier alpha value is -1.10. The Morgan fingerprint density at radius 3 is 2.52 bits per heavy atom. The van der Waals surface area contributed by atoms with Crippen LogP contribution in [0.4, 0.5) is 4.39 Å². The van der Waals surface area contributed by atoms with Crippen molar-refractivity contribution >= 4 is 27.5 Å². The van der Waals surface area contributed by atoms with Gasteiger partial charge in [0.25, 0.3) is 0 Å². The van der Waals surface area contributed by atoms with E-state index in [1.54, 1.807) is 18.2 Å². The molecule has 0 spiro atoms. The molecule has 1 atom stereocenters. The summed E-state index contributed by atoms with van der Waals surface area (Å²) >= 11 is 9.34. The molecule has 0 aliphatic heterocycles. The van der Waals surface area contributed by atoms with Gasteiger partial charge in [-0.1, -0.05) is 24.6 Å². The molecule has 0 saturated carbocycles. The Kier molecular flexibility index (Phi) is 5.62. The summed E-state index contributed by atoms with van der Waals surface area (Å²) in [6, 6.07) is 10.1. The Morgan fingerprint density at radius 2 is 1.90 bits per heavy atom. The monoisotopic (exact) mass is 371 g/mol. The molecule has 2 aromatic carbocycles. The van der Waals surface area contributed by atoms with Gasteiger partial charge in [-0.2, -0.15) is 0 Å². The summed E-state index contributed by atoms with van der Waals surface area (Å²) in [5, 5.41) is 0.606.